The Hall–Kier alpha value is -4.76. The first-order valence-corrected chi connectivity index (χ1v) is 9.97. The number of carbonyl (C=O) groups excluding carboxylic acids is 2. The van der Waals surface area contributed by atoms with Gasteiger partial charge in [-0.15, -0.1) is 0 Å². The van der Waals surface area contributed by atoms with E-state index in [0.29, 0.717) is 0 Å². The Bertz CT molecular complexity index is 1340. The Kier molecular flexibility index (Phi) is 7.52. The van der Waals surface area contributed by atoms with Gasteiger partial charge < -0.3 is 15.4 Å². The molecule has 0 heterocycles. The molecule has 2 N–H and O–H groups in total. The van der Waals surface area contributed by atoms with Crippen LogP contribution in [0.3, 0.4) is 0 Å². The van der Waals surface area contributed by atoms with Crippen LogP contribution in [0.15, 0.2) is 54.6 Å². The summed E-state index contributed by atoms with van der Waals surface area (Å²) in [6, 6.07) is 15.7. The van der Waals surface area contributed by atoms with Crippen LogP contribution in [0, 0.1) is 34.3 Å². The van der Waals surface area contributed by atoms with Gasteiger partial charge in [-0.2, -0.15) is 10.5 Å². The second-order valence-corrected chi connectivity index (χ2v) is 7.11. The van der Waals surface area contributed by atoms with Crippen molar-refractivity contribution < 1.29 is 23.1 Å². The molecule has 3 rings (SSSR count). The van der Waals surface area contributed by atoms with Crippen molar-refractivity contribution in [3.8, 4) is 17.9 Å². The Labute approximate surface area is 194 Å². The van der Waals surface area contributed by atoms with Gasteiger partial charge in [0.15, 0.2) is 0 Å². The molecule has 3 aromatic carbocycles. The molecule has 0 aliphatic heterocycles. The predicted octanol–water partition coefficient (Wildman–Crippen LogP) is 4.61. The van der Waals surface area contributed by atoms with Gasteiger partial charge >= 0.3 is 0 Å². The van der Waals surface area contributed by atoms with E-state index >= 15 is 0 Å². The zero-order valence-electron chi connectivity index (χ0n) is 18.0. The average Bonchev–Trinajstić information content (AvgIpc) is 2.83. The minimum atomic E-state index is -0.612. The number of hydrogen-bond donors (Lipinski definition) is 2. The van der Waals surface area contributed by atoms with Crippen LogP contribution in [0.25, 0.3) is 0 Å². The summed E-state index contributed by atoms with van der Waals surface area (Å²) in [7, 11) is 1.37. The first kappa shape index (κ1) is 23.9. The zero-order chi connectivity index (χ0) is 24.7. The SMILES string of the molecule is COc1ccc(C(=O)Nc2ccc(F)c(CC#N)c2)cc1C(=O)Nc1ccc(F)c(CC#N)c1. The topological polar surface area (TPSA) is 115 Å². The number of anilines is 2. The van der Waals surface area contributed by atoms with Crippen molar-refractivity contribution in [3.05, 3.63) is 88.5 Å². The van der Waals surface area contributed by atoms with Gasteiger partial charge in [0.1, 0.15) is 17.4 Å². The molecule has 0 saturated carbocycles. The van der Waals surface area contributed by atoms with E-state index < -0.39 is 23.4 Å². The fourth-order valence-corrected chi connectivity index (χ4v) is 3.17. The highest BCUT2D eigenvalue weighted by molar-refractivity contribution is 6.10. The molecular formula is C25H18F2N4O3. The molecule has 7 nitrogen and oxygen atoms in total. The summed E-state index contributed by atoms with van der Waals surface area (Å²) in [5.74, 6) is -2.09. The van der Waals surface area contributed by atoms with Gasteiger partial charge in [0.05, 0.1) is 37.7 Å². The fourth-order valence-electron chi connectivity index (χ4n) is 3.17. The van der Waals surface area contributed by atoms with Crippen molar-refractivity contribution in [2.45, 2.75) is 12.8 Å². The number of halogens is 2. The van der Waals surface area contributed by atoms with Gasteiger partial charge in [0, 0.05) is 28.1 Å². The third-order valence-corrected chi connectivity index (χ3v) is 4.85. The van der Waals surface area contributed by atoms with Crippen molar-refractivity contribution >= 4 is 23.2 Å². The molecule has 0 aromatic heterocycles. The summed E-state index contributed by atoms with van der Waals surface area (Å²) in [5, 5.41) is 22.8. The van der Waals surface area contributed by atoms with Crippen molar-refractivity contribution in [2.75, 3.05) is 17.7 Å². The van der Waals surface area contributed by atoms with Crippen molar-refractivity contribution in [1.82, 2.24) is 0 Å². The third kappa shape index (κ3) is 5.53. The van der Waals surface area contributed by atoms with E-state index in [1.807, 2.05) is 12.1 Å². The number of nitriles is 2. The lowest BCUT2D eigenvalue weighted by molar-refractivity contribution is 0.102. The monoisotopic (exact) mass is 460 g/mol. The molecule has 0 bridgehead atoms. The van der Waals surface area contributed by atoms with Crippen LogP contribution in [-0.2, 0) is 12.8 Å². The van der Waals surface area contributed by atoms with E-state index in [2.05, 4.69) is 10.6 Å². The first-order chi connectivity index (χ1) is 16.4. The summed E-state index contributed by atoms with van der Waals surface area (Å²) in [5.41, 5.74) is 1.01. The number of nitrogens with zero attached hydrogens (tertiary/aromatic N) is 2. The molecule has 0 aliphatic rings. The number of nitrogens with one attached hydrogen (secondary N) is 2. The van der Waals surface area contributed by atoms with Crippen LogP contribution in [0.2, 0.25) is 0 Å². The summed E-state index contributed by atoms with van der Waals surface area (Å²) in [6.45, 7) is 0. The van der Waals surface area contributed by atoms with Crippen molar-refractivity contribution in [3.63, 3.8) is 0 Å². The standard InChI is InChI=1S/C25H18F2N4O3/c1-34-23-7-2-17(24(32)30-18-3-5-21(26)15(12-18)8-10-28)14-20(23)25(33)31-19-4-6-22(27)16(13-19)9-11-29/h2-7,12-14H,8-9H2,1H3,(H,30,32)(H,31,33). The van der Waals surface area contributed by atoms with E-state index in [1.54, 1.807) is 0 Å². The highest BCUT2D eigenvalue weighted by Gasteiger charge is 2.17. The number of amides is 2. The Morgan fingerprint density at radius 3 is 1.85 bits per heavy atom. The number of benzene rings is 3. The fraction of sp³-hybridized carbons (Fsp3) is 0.120. The molecule has 170 valence electrons. The van der Waals surface area contributed by atoms with Crippen LogP contribution < -0.4 is 15.4 Å². The van der Waals surface area contributed by atoms with Crippen molar-refractivity contribution in [2.24, 2.45) is 0 Å². The molecule has 9 heteroatoms. The molecule has 3 aromatic rings. The van der Waals surface area contributed by atoms with Gasteiger partial charge in [-0.05, 0) is 54.6 Å². The van der Waals surface area contributed by atoms with Gasteiger partial charge in [-0.1, -0.05) is 0 Å². The molecule has 0 aliphatic carbocycles. The van der Waals surface area contributed by atoms with Gasteiger partial charge in [-0.3, -0.25) is 9.59 Å². The number of ether oxygens (including phenoxy) is 1. The van der Waals surface area contributed by atoms with Crippen molar-refractivity contribution in [1.29, 1.82) is 10.5 Å². The van der Waals surface area contributed by atoms with E-state index in [0.717, 1.165) is 12.1 Å². The summed E-state index contributed by atoms with van der Waals surface area (Å²) in [4.78, 5) is 25.6. The molecular weight excluding hydrogens is 442 g/mol. The molecule has 0 fully saturated rings. The second kappa shape index (κ2) is 10.7. The van der Waals surface area contributed by atoms with Gasteiger partial charge in [0.2, 0.25) is 0 Å². The Morgan fingerprint density at radius 2 is 1.35 bits per heavy atom. The zero-order valence-corrected chi connectivity index (χ0v) is 18.0. The van der Waals surface area contributed by atoms with Gasteiger partial charge in [-0.25, -0.2) is 8.78 Å². The van der Waals surface area contributed by atoms with Crippen LogP contribution in [-0.4, -0.2) is 18.9 Å². The molecule has 0 spiro atoms. The van der Waals surface area contributed by atoms with Crippen LogP contribution in [0.4, 0.5) is 20.2 Å². The number of carbonyl (C=O) groups is 2. The number of hydrogen-bond acceptors (Lipinski definition) is 5. The number of rotatable bonds is 7. The van der Waals surface area contributed by atoms with E-state index in [4.69, 9.17) is 15.3 Å². The maximum atomic E-state index is 13.8. The minimum absolute atomic E-state index is 0.0468. The highest BCUT2D eigenvalue weighted by atomic mass is 19.1. The molecule has 0 unspecified atom stereocenters. The molecule has 34 heavy (non-hydrogen) atoms. The lowest BCUT2D eigenvalue weighted by Crippen LogP contribution is -2.17. The maximum Gasteiger partial charge on any atom is 0.259 e. The van der Waals surface area contributed by atoms with Crippen LogP contribution >= 0.6 is 0 Å². The summed E-state index contributed by atoms with van der Waals surface area (Å²) < 4.78 is 32.8. The molecule has 0 atom stereocenters. The second-order valence-electron chi connectivity index (χ2n) is 7.11. The van der Waals surface area contributed by atoms with Crippen LogP contribution in [0.5, 0.6) is 5.75 Å². The smallest absolute Gasteiger partial charge is 0.259 e. The molecule has 0 saturated heterocycles. The lowest BCUT2D eigenvalue weighted by atomic mass is 10.1. The van der Waals surface area contributed by atoms with Gasteiger partial charge in [0.25, 0.3) is 11.8 Å². The summed E-state index contributed by atoms with van der Waals surface area (Å²) >= 11 is 0. The average molecular weight is 460 g/mol. The van der Waals surface area contributed by atoms with E-state index in [-0.39, 0.29) is 52.2 Å². The number of methoxy groups -OCH3 is 1. The van der Waals surface area contributed by atoms with Crippen LogP contribution in [0.1, 0.15) is 31.8 Å². The first-order valence-electron chi connectivity index (χ1n) is 9.97. The third-order valence-electron chi connectivity index (χ3n) is 4.85. The largest absolute Gasteiger partial charge is 0.496 e. The van der Waals surface area contributed by atoms with E-state index in [9.17, 15) is 18.4 Å². The molecule has 0 radical (unpaired) electrons. The van der Waals surface area contributed by atoms with E-state index in [1.165, 1.54) is 49.6 Å². The lowest BCUT2D eigenvalue weighted by Gasteiger charge is -2.12. The Balaban J connectivity index is 1.84. The predicted molar refractivity (Wildman–Crippen MR) is 120 cm³/mol. The highest BCUT2D eigenvalue weighted by Crippen LogP contribution is 2.24. The maximum absolute atomic E-state index is 13.8. The Morgan fingerprint density at radius 1 is 0.824 bits per heavy atom. The quantitative estimate of drug-likeness (QED) is 0.534. The minimum Gasteiger partial charge on any atom is -0.496 e. The molecule has 2 amide bonds. The summed E-state index contributed by atoms with van der Waals surface area (Å²) in [6.07, 6.45) is -0.310. The normalized spacial score (nSPS) is 10.0.